The smallest absolute Gasteiger partial charge is 0.352 e. The zero-order chi connectivity index (χ0) is 21.8. The van der Waals surface area contributed by atoms with Gasteiger partial charge in [0.1, 0.15) is 29.9 Å². The van der Waals surface area contributed by atoms with E-state index in [1.807, 2.05) is 6.92 Å². The quantitative estimate of drug-likeness (QED) is 0.152. The van der Waals surface area contributed by atoms with Crippen molar-refractivity contribution in [3.63, 3.8) is 0 Å². The molecule has 1 aromatic rings. The number of hydrogen-bond acceptors (Lipinski definition) is 11. The fraction of sp³-hybridized carbons (Fsp3) is 0.438. The Kier molecular flexibility index (Phi) is 7.55. The van der Waals surface area contributed by atoms with Crippen LogP contribution in [0, 0.1) is 0 Å². The molecule has 0 bridgehead atoms. The van der Waals surface area contributed by atoms with Crippen molar-refractivity contribution in [1.29, 1.82) is 0 Å². The van der Waals surface area contributed by atoms with Gasteiger partial charge < -0.3 is 21.0 Å². The van der Waals surface area contributed by atoms with E-state index in [0.717, 1.165) is 17.1 Å². The van der Waals surface area contributed by atoms with Crippen LogP contribution in [0.2, 0.25) is 0 Å². The maximum Gasteiger partial charge on any atom is 0.352 e. The number of nitrogens with two attached hydrogens (primary N) is 1. The van der Waals surface area contributed by atoms with Gasteiger partial charge in [-0.05, 0) is 5.57 Å². The normalized spacial score (nSPS) is 21.2. The van der Waals surface area contributed by atoms with Crippen LogP contribution < -0.4 is 11.1 Å². The zero-order valence-electron chi connectivity index (χ0n) is 16.0. The molecular formula is C16H19N5O5S4. The summed E-state index contributed by atoms with van der Waals surface area (Å²) in [5.74, 6) is -0.364. The Balaban J connectivity index is 1.75. The number of aliphatic carboxylic acids is 1. The second-order valence-corrected chi connectivity index (χ2v) is 10.7. The summed E-state index contributed by atoms with van der Waals surface area (Å²) < 4.78 is 0. The third kappa shape index (κ3) is 4.55. The summed E-state index contributed by atoms with van der Waals surface area (Å²) in [5, 5.41) is 17.3. The van der Waals surface area contributed by atoms with Crippen LogP contribution >= 0.6 is 44.7 Å². The van der Waals surface area contributed by atoms with E-state index < -0.39 is 29.2 Å². The standard InChI is InChI=1S/C16H19N5O5S4/c1-3-29-30-5-7-4-27-14-10(13(23)21(14)11(7)15(24)25)19-12(22)9(20-26-2)8-6-28-16(17)18-8/h6,10,14H,3-5H2,1-2H3,(H2,17,18)(H,19,22)(H,24,25)/t10?,14-/m0/s1. The fourth-order valence-corrected chi connectivity index (χ4v) is 6.72. The van der Waals surface area contributed by atoms with E-state index in [1.165, 1.54) is 23.8 Å². The van der Waals surface area contributed by atoms with Crippen LogP contribution in [-0.2, 0) is 19.2 Å². The number of anilines is 1. The first-order chi connectivity index (χ1) is 14.4. The molecule has 2 atom stereocenters. The molecule has 2 aliphatic rings. The van der Waals surface area contributed by atoms with Gasteiger partial charge in [-0.2, -0.15) is 0 Å². The zero-order valence-corrected chi connectivity index (χ0v) is 19.3. The second kappa shape index (κ2) is 9.94. The van der Waals surface area contributed by atoms with Crippen molar-refractivity contribution in [3.8, 4) is 0 Å². The molecule has 4 N–H and O–H groups in total. The fourth-order valence-electron chi connectivity index (χ4n) is 2.89. The average Bonchev–Trinajstić information content (AvgIpc) is 3.15. The van der Waals surface area contributed by atoms with E-state index in [1.54, 1.807) is 27.0 Å². The van der Waals surface area contributed by atoms with Crippen LogP contribution in [0.5, 0.6) is 0 Å². The maximum absolute atomic E-state index is 12.7. The minimum Gasteiger partial charge on any atom is -0.477 e. The van der Waals surface area contributed by atoms with E-state index in [9.17, 15) is 19.5 Å². The topological polar surface area (TPSA) is 147 Å². The number of nitrogens with one attached hydrogen (secondary N) is 1. The van der Waals surface area contributed by atoms with Crippen molar-refractivity contribution < 1.29 is 24.3 Å². The van der Waals surface area contributed by atoms with Gasteiger partial charge in [0.15, 0.2) is 10.8 Å². The van der Waals surface area contributed by atoms with Crippen LogP contribution in [0.15, 0.2) is 21.8 Å². The van der Waals surface area contributed by atoms with Gasteiger partial charge >= 0.3 is 5.97 Å². The SMILES string of the molecule is CCSSCC1=C(C(=O)O)N2C(=O)C(NC(=O)C(=NOC)c3csc(N)n3)[C@@H]2SC1. The lowest BCUT2D eigenvalue weighted by Crippen LogP contribution is -2.71. The molecule has 1 aromatic heterocycles. The number of thiazole rings is 1. The Morgan fingerprint density at radius 3 is 2.87 bits per heavy atom. The molecule has 2 amide bonds. The summed E-state index contributed by atoms with van der Waals surface area (Å²) in [4.78, 5) is 47.3. The lowest BCUT2D eigenvalue weighted by Gasteiger charge is -2.49. The van der Waals surface area contributed by atoms with Gasteiger partial charge in [-0.25, -0.2) is 9.78 Å². The maximum atomic E-state index is 12.7. The third-order valence-corrected chi connectivity index (χ3v) is 8.58. The number of carboxylic acids is 1. The molecule has 2 aliphatic heterocycles. The molecule has 1 fully saturated rings. The largest absolute Gasteiger partial charge is 0.477 e. The summed E-state index contributed by atoms with van der Waals surface area (Å²) in [6.45, 7) is 2.02. The molecular weight excluding hydrogens is 470 g/mol. The van der Waals surface area contributed by atoms with E-state index in [4.69, 9.17) is 10.6 Å². The molecule has 1 saturated heterocycles. The van der Waals surface area contributed by atoms with Crippen molar-refractivity contribution in [3.05, 3.63) is 22.3 Å². The Labute approximate surface area is 188 Å². The van der Waals surface area contributed by atoms with E-state index in [-0.39, 0.29) is 22.2 Å². The highest BCUT2D eigenvalue weighted by molar-refractivity contribution is 8.76. The van der Waals surface area contributed by atoms with Crippen molar-refractivity contribution in [2.75, 3.05) is 30.1 Å². The van der Waals surface area contributed by atoms with Gasteiger partial charge in [-0.15, -0.1) is 23.1 Å². The minimum atomic E-state index is -1.14. The lowest BCUT2D eigenvalue weighted by molar-refractivity contribution is -0.150. The number of fused-ring (bicyclic) bond motifs is 1. The number of hydrogen-bond donors (Lipinski definition) is 3. The second-order valence-electron chi connectivity index (χ2n) is 5.98. The van der Waals surface area contributed by atoms with Crippen molar-refractivity contribution in [1.82, 2.24) is 15.2 Å². The van der Waals surface area contributed by atoms with Gasteiger partial charge in [-0.3, -0.25) is 14.5 Å². The first-order valence-electron chi connectivity index (χ1n) is 8.66. The number of nitrogens with zero attached hydrogens (tertiary/aromatic N) is 3. The van der Waals surface area contributed by atoms with Gasteiger partial charge in [0.05, 0.1) is 0 Å². The number of carbonyl (C=O) groups excluding carboxylic acids is 2. The van der Waals surface area contributed by atoms with Gasteiger partial charge in [0, 0.05) is 22.6 Å². The summed E-state index contributed by atoms with van der Waals surface area (Å²) in [5.41, 5.74) is 6.45. The highest BCUT2D eigenvalue weighted by Crippen LogP contribution is 2.42. The number of aromatic nitrogens is 1. The summed E-state index contributed by atoms with van der Waals surface area (Å²) >= 11 is 2.56. The molecule has 3 rings (SSSR count). The predicted molar refractivity (Wildman–Crippen MR) is 120 cm³/mol. The van der Waals surface area contributed by atoms with Crippen molar-refractivity contribution >= 4 is 73.3 Å². The molecule has 1 unspecified atom stereocenters. The van der Waals surface area contributed by atoms with Gasteiger partial charge in [-0.1, -0.05) is 33.7 Å². The Morgan fingerprint density at radius 1 is 1.50 bits per heavy atom. The van der Waals surface area contributed by atoms with Crippen LogP contribution in [0.4, 0.5) is 5.13 Å². The molecule has 0 saturated carbocycles. The molecule has 0 aliphatic carbocycles. The number of amides is 2. The summed E-state index contributed by atoms with van der Waals surface area (Å²) in [6.07, 6.45) is 0. The molecule has 0 radical (unpaired) electrons. The Bertz CT molecular complexity index is 918. The Morgan fingerprint density at radius 2 is 2.27 bits per heavy atom. The Hall–Kier alpha value is -1.90. The number of nitrogen functional groups attached to an aromatic ring is 1. The molecule has 14 heteroatoms. The van der Waals surface area contributed by atoms with Crippen LogP contribution in [0.1, 0.15) is 12.6 Å². The molecule has 3 heterocycles. The number of oxime groups is 1. The number of carbonyl (C=O) groups is 3. The molecule has 162 valence electrons. The number of β-lactam (4-membered cyclic amide) rings is 1. The first-order valence-corrected chi connectivity index (χ1v) is 13.1. The summed E-state index contributed by atoms with van der Waals surface area (Å²) in [7, 11) is 4.48. The lowest BCUT2D eigenvalue weighted by atomic mass is 10.0. The van der Waals surface area contributed by atoms with Crippen LogP contribution in [-0.4, -0.2) is 74.3 Å². The number of rotatable bonds is 9. The van der Waals surface area contributed by atoms with E-state index in [2.05, 4.69) is 15.5 Å². The van der Waals surface area contributed by atoms with E-state index >= 15 is 0 Å². The van der Waals surface area contributed by atoms with Crippen LogP contribution in [0.3, 0.4) is 0 Å². The molecule has 30 heavy (non-hydrogen) atoms. The average molecular weight is 490 g/mol. The predicted octanol–water partition coefficient (Wildman–Crippen LogP) is 1.22. The van der Waals surface area contributed by atoms with Gasteiger partial charge in [0.25, 0.3) is 11.8 Å². The van der Waals surface area contributed by atoms with Gasteiger partial charge in [0.2, 0.25) is 0 Å². The van der Waals surface area contributed by atoms with Crippen molar-refractivity contribution in [2.45, 2.75) is 18.3 Å². The monoisotopic (exact) mass is 489 g/mol. The highest BCUT2D eigenvalue weighted by Gasteiger charge is 2.54. The van der Waals surface area contributed by atoms with Crippen molar-refractivity contribution in [2.24, 2.45) is 5.16 Å². The molecule has 0 aromatic carbocycles. The number of thioether (sulfide) groups is 1. The van der Waals surface area contributed by atoms with Crippen LogP contribution in [0.25, 0.3) is 0 Å². The molecule has 10 nitrogen and oxygen atoms in total. The minimum absolute atomic E-state index is 0.0107. The summed E-state index contributed by atoms with van der Waals surface area (Å²) in [6, 6.07) is -0.867. The molecule has 0 spiro atoms. The third-order valence-electron chi connectivity index (χ3n) is 4.13. The van der Waals surface area contributed by atoms with E-state index in [0.29, 0.717) is 17.1 Å². The number of carboxylic acid groups (broad SMARTS) is 1. The first kappa shape index (κ1) is 22.8. The highest BCUT2D eigenvalue weighted by atomic mass is 33.1.